The van der Waals surface area contributed by atoms with Crippen molar-refractivity contribution in [3.05, 3.63) is 186 Å². The highest BCUT2D eigenvalue weighted by molar-refractivity contribution is 7.26. The number of nitrogens with one attached hydrogen (secondary N) is 2. The lowest BCUT2D eigenvalue weighted by Crippen LogP contribution is -2.50. The molecule has 57 heavy (non-hydrogen) atoms. The number of hydrogen-bond acceptors (Lipinski definition) is 5. The predicted octanol–water partition coefficient (Wildman–Crippen LogP) is 11.0. The first kappa shape index (κ1) is 32.5. The molecule has 7 aromatic carbocycles. The Balaban J connectivity index is 0.976. The van der Waals surface area contributed by atoms with Crippen LogP contribution in [0.25, 0.3) is 81.4 Å². The van der Waals surface area contributed by atoms with Crippen molar-refractivity contribution in [1.29, 1.82) is 0 Å². The first-order chi connectivity index (χ1) is 28.2. The van der Waals surface area contributed by atoms with Crippen molar-refractivity contribution in [2.24, 2.45) is 4.99 Å². The molecule has 5 nitrogen and oxygen atoms in total. The van der Waals surface area contributed by atoms with Gasteiger partial charge in [-0.15, -0.1) is 11.3 Å². The van der Waals surface area contributed by atoms with Crippen LogP contribution in [0.15, 0.2) is 173 Å². The number of para-hydroxylation sites is 2. The van der Waals surface area contributed by atoms with Crippen molar-refractivity contribution < 1.29 is 4.42 Å². The molecule has 4 heterocycles. The maximum atomic E-state index is 6.78. The highest BCUT2D eigenvalue weighted by Gasteiger charge is 2.29. The summed E-state index contributed by atoms with van der Waals surface area (Å²) in [5, 5.41) is 14.9. The second kappa shape index (κ2) is 12.9. The van der Waals surface area contributed by atoms with E-state index in [1.165, 1.54) is 75.1 Å². The highest BCUT2D eigenvalue weighted by Crippen LogP contribution is 2.42. The summed E-state index contributed by atoms with van der Waals surface area (Å²) in [5.41, 5.74) is 11.3. The van der Waals surface area contributed by atoms with E-state index in [9.17, 15) is 0 Å². The molecule has 1 aliphatic heterocycles. The first-order valence-corrected chi connectivity index (χ1v) is 20.5. The smallest absolute Gasteiger partial charge is 0.137 e. The standard InChI is InChI=1S/C51H36N4OS/c1-3-13-31(14-4-1)49-52-50(32-15-5-2-6-16-32)54-51(53-49)40-22-12-20-38-41-29-33(25-27-45(41)56-47(38)40)35-19-11-21-39-42-30-34(26-28-46(42)57-48(35)39)55-43-23-9-7-17-36(43)37-18-8-10-24-44(37)55/h1-11,13-21,23-30,49,51,53H,12,22H2,(H,52,54). The zero-order valence-corrected chi connectivity index (χ0v) is 31.8. The molecule has 6 heteroatoms. The van der Waals surface area contributed by atoms with E-state index >= 15 is 0 Å². The summed E-state index contributed by atoms with van der Waals surface area (Å²) in [6, 6.07) is 58.8. The summed E-state index contributed by atoms with van der Waals surface area (Å²) in [5.74, 6) is 0.883. The normalized spacial score (nSPS) is 16.9. The summed E-state index contributed by atoms with van der Waals surface area (Å²) in [6.07, 6.45) is 3.82. The fourth-order valence-corrected chi connectivity index (χ4v) is 10.3. The third-order valence-corrected chi connectivity index (χ3v) is 13.0. The van der Waals surface area contributed by atoms with Crippen molar-refractivity contribution in [1.82, 2.24) is 15.2 Å². The van der Waals surface area contributed by atoms with Crippen LogP contribution in [0, 0.1) is 0 Å². The van der Waals surface area contributed by atoms with E-state index in [0.717, 1.165) is 40.6 Å². The maximum Gasteiger partial charge on any atom is 0.137 e. The molecule has 10 aromatic rings. The largest absolute Gasteiger partial charge is 0.456 e. The number of nitrogens with zero attached hydrogens (tertiary/aromatic N) is 2. The van der Waals surface area contributed by atoms with E-state index in [1.54, 1.807) is 0 Å². The van der Waals surface area contributed by atoms with Crippen LogP contribution in [0.5, 0.6) is 0 Å². The lowest BCUT2D eigenvalue weighted by Gasteiger charge is -2.33. The quantitative estimate of drug-likeness (QED) is 0.184. The molecule has 2 unspecified atom stereocenters. The average Bonchev–Trinajstić information content (AvgIpc) is 3.96. The number of amidine groups is 1. The van der Waals surface area contributed by atoms with Gasteiger partial charge in [0.2, 0.25) is 0 Å². The Kier molecular flexibility index (Phi) is 7.37. The fourth-order valence-electron chi connectivity index (χ4n) is 9.12. The Morgan fingerprint density at radius 1 is 0.632 bits per heavy atom. The van der Waals surface area contributed by atoms with Gasteiger partial charge in [-0.3, -0.25) is 5.32 Å². The summed E-state index contributed by atoms with van der Waals surface area (Å²) in [7, 11) is 0. The molecule has 272 valence electrons. The van der Waals surface area contributed by atoms with Gasteiger partial charge in [0.25, 0.3) is 0 Å². The lowest BCUT2D eigenvalue weighted by molar-refractivity contribution is 0.438. The molecule has 2 N–H and O–H groups in total. The van der Waals surface area contributed by atoms with Crippen LogP contribution in [-0.4, -0.2) is 16.6 Å². The minimum Gasteiger partial charge on any atom is -0.456 e. The summed E-state index contributed by atoms with van der Waals surface area (Å²) in [6.45, 7) is 0. The van der Waals surface area contributed by atoms with E-state index in [0.29, 0.717) is 0 Å². The molecule has 1 aliphatic carbocycles. The minimum absolute atomic E-state index is 0.0957. The number of thiophene rings is 1. The molecule has 2 aliphatic rings. The van der Waals surface area contributed by atoms with E-state index < -0.39 is 0 Å². The zero-order chi connectivity index (χ0) is 37.5. The summed E-state index contributed by atoms with van der Waals surface area (Å²) < 4.78 is 11.8. The molecule has 0 fully saturated rings. The monoisotopic (exact) mass is 752 g/mol. The SMILES string of the molecule is C1=c2c(oc3ccc(-c4cccc5c4sc4ccc(-n6c7ccccc7c7ccccc76)cc45)cc23)=C(C2N=C(c3ccccc3)NC(c3ccccc3)N2)CC1. The van der Waals surface area contributed by atoms with Gasteiger partial charge in [0.05, 0.1) is 11.0 Å². The Morgan fingerprint density at radius 3 is 2.18 bits per heavy atom. The molecule has 0 amide bonds. The molecule has 0 saturated carbocycles. The molecule has 2 atom stereocenters. The zero-order valence-electron chi connectivity index (χ0n) is 30.9. The number of hydrogen-bond donors (Lipinski definition) is 2. The number of aromatic nitrogens is 1. The fraction of sp³-hybridized carbons (Fsp3) is 0.0784. The molecular weight excluding hydrogens is 717 g/mol. The van der Waals surface area contributed by atoms with E-state index in [2.05, 4.69) is 179 Å². The van der Waals surface area contributed by atoms with Crippen LogP contribution in [0.4, 0.5) is 0 Å². The molecule has 0 spiro atoms. The van der Waals surface area contributed by atoms with E-state index in [4.69, 9.17) is 9.41 Å². The van der Waals surface area contributed by atoms with Gasteiger partial charge in [-0.05, 0) is 72.0 Å². The third-order valence-electron chi connectivity index (χ3n) is 11.8. The Labute approximate surface area is 332 Å². The van der Waals surface area contributed by atoms with Crippen LogP contribution in [0.2, 0.25) is 0 Å². The second-order valence-corrected chi connectivity index (χ2v) is 16.1. The van der Waals surface area contributed by atoms with Crippen LogP contribution < -0.4 is 21.3 Å². The van der Waals surface area contributed by atoms with Crippen molar-refractivity contribution >= 4 is 81.8 Å². The van der Waals surface area contributed by atoms with Crippen molar-refractivity contribution in [2.45, 2.75) is 25.2 Å². The number of benzene rings is 7. The van der Waals surface area contributed by atoms with Crippen LogP contribution >= 0.6 is 11.3 Å². The van der Waals surface area contributed by atoms with E-state index in [-0.39, 0.29) is 12.3 Å². The second-order valence-electron chi connectivity index (χ2n) is 15.1. The van der Waals surface area contributed by atoms with Gasteiger partial charge in [-0.25, -0.2) is 4.99 Å². The molecular formula is C51H36N4OS. The number of fused-ring (bicyclic) bond motifs is 9. The molecule has 0 bridgehead atoms. The number of furan rings is 1. The predicted molar refractivity (Wildman–Crippen MR) is 237 cm³/mol. The van der Waals surface area contributed by atoms with Gasteiger partial charge >= 0.3 is 0 Å². The van der Waals surface area contributed by atoms with Crippen molar-refractivity contribution in [2.75, 3.05) is 0 Å². The highest BCUT2D eigenvalue weighted by atomic mass is 32.1. The summed E-state index contributed by atoms with van der Waals surface area (Å²) >= 11 is 1.87. The van der Waals surface area contributed by atoms with Crippen LogP contribution in [-0.2, 0) is 0 Å². The minimum atomic E-state index is -0.237. The molecule has 0 saturated heterocycles. The van der Waals surface area contributed by atoms with Crippen LogP contribution in [0.1, 0.15) is 30.1 Å². The molecule has 3 aromatic heterocycles. The van der Waals surface area contributed by atoms with Crippen molar-refractivity contribution in [3.63, 3.8) is 0 Å². The number of aliphatic imine (C=N–C) groups is 1. The topological polar surface area (TPSA) is 54.5 Å². The molecule has 0 radical (unpaired) electrons. The van der Waals surface area contributed by atoms with Gasteiger partial charge in [0.15, 0.2) is 0 Å². The third kappa shape index (κ3) is 5.22. The average molecular weight is 753 g/mol. The Bertz CT molecular complexity index is 3320. The lowest BCUT2D eigenvalue weighted by atomic mass is 9.97. The van der Waals surface area contributed by atoms with Gasteiger partial charge in [-0.1, -0.05) is 127 Å². The van der Waals surface area contributed by atoms with Crippen molar-refractivity contribution in [3.8, 4) is 16.8 Å². The van der Waals surface area contributed by atoms with Gasteiger partial charge < -0.3 is 14.3 Å². The number of rotatable bonds is 5. The maximum absolute atomic E-state index is 6.78. The van der Waals surface area contributed by atoms with Gasteiger partial charge in [-0.2, -0.15) is 0 Å². The van der Waals surface area contributed by atoms with Gasteiger partial charge in [0, 0.05) is 58.4 Å². The Hall–Kier alpha value is -6.73. The summed E-state index contributed by atoms with van der Waals surface area (Å²) in [4.78, 5) is 5.28. The first-order valence-electron chi connectivity index (χ1n) is 19.7. The van der Waals surface area contributed by atoms with Crippen LogP contribution in [0.3, 0.4) is 0 Å². The van der Waals surface area contributed by atoms with E-state index in [1.807, 2.05) is 17.4 Å². The Morgan fingerprint density at radius 2 is 1.37 bits per heavy atom. The molecule has 12 rings (SSSR count). The van der Waals surface area contributed by atoms with Gasteiger partial charge in [0.1, 0.15) is 29.2 Å².